The van der Waals surface area contributed by atoms with Gasteiger partial charge in [0.15, 0.2) is 0 Å². The molecule has 2 unspecified atom stereocenters. The minimum absolute atomic E-state index is 0.00516. The predicted molar refractivity (Wildman–Crippen MR) is 58.6 cm³/mol. The zero-order chi connectivity index (χ0) is 10.9. The average Bonchev–Trinajstić information content (AvgIpc) is 2.94. The summed E-state index contributed by atoms with van der Waals surface area (Å²) in [6.45, 7) is 6.91. The molecule has 3 heteroatoms. The first-order valence-electron chi connectivity index (χ1n) is 6.10. The van der Waals surface area contributed by atoms with Crippen LogP contribution in [0.15, 0.2) is 0 Å². The predicted octanol–water partition coefficient (Wildman–Crippen LogP) is 1.81. The SMILES string of the molecule is CCOC(=O)C1CC1(C)N1CCCCC1. The molecule has 1 heterocycles. The van der Waals surface area contributed by atoms with Crippen molar-refractivity contribution in [1.29, 1.82) is 0 Å². The van der Waals surface area contributed by atoms with E-state index in [9.17, 15) is 4.79 Å². The summed E-state index contributed by atoms with van der Waals surface area (Å²) in [5, 5.41) is 0. The van der Waals surface area contributed by atoms with E-state index in [0.717, 1.165) is 19.5 Å². The molecule has 0 N–H and O–H groups in total. The van der Waals surface area contributed by atoms with Gasteiger partial charge < -0.3 is 4.74 Å². The van der Waals surface area contributed by atoms with Gasteiger partial charge in [-0.25, -0.2) is 0 Å². The molecular weight excluding hydrogens is 190 g/mol. The van der Waals surface area contributed by atoms with E-state index in [1.54, 1.807) is 0 Å². The Bertz CT molecular complexity index is 248. The van der Waals surface area contributed by atoms with Gasteiger partial charge in [-0.2, -0.15) is 0 Å². The zero-order valence-corrected chi connectivity index (χ0v) is 9.79. The summed E-state index contributed by atoms with van der Waals surface area (Å²) in [4.78, 5) is 14.1. The van der Waals surface area contributed by atoms with E-state index < -0.39 is 0 Å². The quantitative estimate of drug-likeness (QED) is 0.667. The molecule has 2 fully saturated rings. The van der Waals surface area contributed by atoms with Gasteiger partial charge in [0.1, 0.15) is 0 Å². The average molecular weight is 211 g/mol. The molecule has 86 valence electrons. The lowest BCUT2D eigenvalue weighted by molar-refractivity contribution is -0.145. The van der Waals surface area contributed by atoms with Crippen molar-refractivity contribution in [3.8, 4) is 0 Å². The van der Waals surface area contributed by atoms with Gasteiger partial charge in [-0.1, -0.05) is 6.42 Å². The van der Waals surface area contributed by atoms with Crippen molar-refractivity contribution in [2.45, 2.75) is 45.1 Å². The van der Waals surface area contributed by atoms with Crippen LogP contribution in [0.4, 0.5) is 0 Å². The Morgan fingerprint density at radius 1 is 1.40 bits per heavy atom. The molecule has 2 atom stereocenters. The fourth-order valence-corrected chi connectivity index (χ4v) is 2.69. The van der Waals surface area contributed by atoms with Gasteiger partial charge >= 0.3 is 5.97 Å². The third-order valence-electron chi connectivity index (χ3n) is 3.86. The highest BCUT2D eigenvalue weighted by atomic mass is 16.5. The third-order valence-corrected chi connectivity index (χ3v) is 3.86. The van der Waals surface area contributed by atoms with Crippen LogP contribution in [-0.2, 0) is 9.53 Å². The smallest absolute Gasteiger partial charge is 0.310 e. The summed E-state index contributed by atoms with van der Waals surface area (Å²) in [5.74, 6) is 0.140. The normalized spacial score (nSPS) is 36.3. The number of ether oxygens (including phenoxy) is 1. The van der Waals surface area contributed by atoms with Crippen LogP contribution in [0.2, 0.25) is 0 Å². The summed E-state index contributed by atoms with van der Waals surface area (Å²) < 4.78 is 5.09. The Morgan fingerprint density at radius 3 is 2.67 bits per heavy atom. The molecule has 1 saturated heterocycles. The molecule has 2 rings (SSSR count). The van der Waals surface area contributed by atoms with Crippen LogP contribution < -0.4 is 0 Å². The van der Waals surface area contributed by atoms with Crippen LogP contribution in [0.25, 0.3) is 0 Å². The standard InChI is InChI=1S/C12H21NO2/c1-3-15-11(14)10-9-12(10,2)13-7-5-4-6-8-13/h10H,3-9H2,1-2H3. The fraction of sp³-hybridized carbons (Fsp3) is 0.917. The molecule has 1 aliphatic heterocycles. The van der Waals surface area contributed by atoms with Crippen molar-refractivity contribution in [3.05, 3.63) is 0 Å². The summed E-state index contributed by atoms with van der Waals surface area (Å²) in [6.07, 6.45) is 4.90. The van der Waals surface area contributed by atoms with E-state index in [2.05, 4.69) is 11.8 Å². The Hall–Kier alpha value is -0.570. The summed E-state index contributed by atoms with van der Waals surface area (Å²) in [5.41, 5.74) is 0.118. The van der Waals surface area contributed by atoms with E-state index in [0.29, 0.717) is 6.61 Å². The number of hydrogen-bond acceptors (Lipinski definition) is 3. The molecular formula is C12H21NO2. The van der Waals surface area contributed by atoms with E-state index in [-0.39, 0.29) is 17.4 Å². The molecule has 3 nitrogen and oxygen atoms in total. The highest BCUT2D eigenvalue weighted by Crippen LogP contribution is 2.49. The van der Waals surface area contributed by atoms with Gasteiger partial charge in [0.25, 0.3) is 0 Å². The summed E-state index contributed by atoms with van der Waals surface area (Å²) >= 11 is 0. The first kappa shape index (κ1) is 10.9. The lowest BCUT2D eigenvalue weighted by Gasteiger charge is -2.33. The van der Waals surface area contributed by atoms with E-state index in [1.165, 1.54) is 19.3 Å². The molecule has 0 aromatic rings. The highest BCUT2D eigenvalue weighted by Gasteiger charge is 2.58. The Balaban J connectivity index is 1.90. The zero-order valence-electron chi connectivity index (χ0n) is 9.79. The number of esters is 1. The molecule has 0 amide bonds. The van der Waals surface area contributed by atoms with Crippen molar-refractivity contribution < 1.29 is 9.53 Å². The van der Waals surface area contributed by atoms with Gasteiger partial charge in [-0.15, -0.1) is 0 Å². The van der Waals surface area contributed by atoms with Crippen LogP contribution in [0.5, 0.6) is 0 Å². The monoisotopic (exact) mass is 211 g/mol. The van der Waals surface area contributed by atoms with Crippen molar-refractivity contribution in [2.24, 2.45) is 5.92 Å². The molecule has 1 saturated carbocycles. The molecule has 2 aliphatic rings. The van der Waals surface area contributed by atoms with Crippen LogP contribution in [0, 0.1) is 5.92 Å². The maximum absolute atomic E-state index is 11.6. The molecule has 0 spiro atoms. The second-order valence-corrected chi connectivity index (χ2v) is 4.91. The van der Waals surface area contributed by atoms with Gasteiger partial charge in [0.05, 0.1) is 12.5 Å². The molecule has 0 bridgehead atoms. The number of likely N-dealkylation sites (tertiary alicyclic amines) is 1. The maximum atomic E-state index is 11.6. The Kier molecular flexibility index (Phi) is 3.01. The topological polar surface area (TPSA) is 29.5 Å². The lowest BCUT2D eigenvalue weighted by Crippen LogP contribution is -2.41. The molecule has 0 aromatic carbocycles. The largest absolute Gasteiger partial charge is 0.466 e. The Morgan fingerprint density at radius 2 is 2.07 bits per heavy atom. The second kappa shape index (κ2) is 4.12. The second-order valence-electron chi connectivity index (χ2n) is 4.91. The van der Waals surface area contributed by atoms with Crippen LogP contribution in [0.3, 0.4) is 0 Å². The number of piperidine rings is 1. The number of carbonyl (C=O) groups is 1. The van der Waals surface area contributed by atoms with Crippen molar-refractivity contribution in [2.75, 3.05) is 19.7 Å². The summed E-state index contributed by atoms with van der Waals surface area (Å²) in [7, 11) is 0. The lowest BCUT2D eigenvalue weighted by atomic mass is 10.1. The number of hydrogen-bond donors (Lipinski definition) is 0. The van der Waals surface area contributed by atoms with Crippen LogP contribution in [0.1, 0.15) is 39.5 Å². The number of carbonyl (C=O) groups excluding carboxylic acids is 1. The first-order chi connectivity index (χ1) is 7.18. The van der Waals surface area contributed by atoms with E-state index in [4.69, 9.17) is 4.74 Å². The van der Waals surface area contributed by atoms with Crippen molar-refractivity contribution in [1.82, 2.24) is 4.90 Å². The maximum Gasteiger partial charge on any atom is 0.310 e. The van der Waals surface area contributed by atoms with Crippen molar-refractivity contribution >= 4 is 5.97 Å². The highest BCUT2D eigenvalue weighted by molar-refractivity contribution is 5.78. The van der Waals surface area contributed by atoms with Gasteiger partial charge in [0, 0.05) is 5.54 Å². The number of rotatable bonds is 3. The van der Waals surface area contributed by atoms with Gasteiger partial charge in [-0.05, 0) is 46.2 Å². The van der Waals surface area contributed by atoms with Crippen LogP contribution >= 0.6 is 0 Å². The molecule has 0 radical (unpaired) electrons. The summed E-state index contributed by atoms with van der Waals surface area (Å²) in [6, 6.07) is 0. The van der Waals surface area contributed by atoms with E-state index in [1.807, 2.05) is 6.92 Å². The molecule has 15 heavy (non-hydrogen) atoms. The fourth-order valence-electron chi connectivity index (χ4n) is 2.69. The molecule has 0 aromatic heterocycles. The Labute approximate surface area is 91.8 Å². The minimum atomic E-state index is 0.00516. The number of nitrogens with zero attached hydrogens (tertiary/aromatic N) is 1. The third kappa shape index (κ3) is 2.03. The molecule has 1 aliphatic carbocycles. The van der Waals surface area contributed by atoms with Gasteiger partial charge in [-0.3, -0.25) is 9.69 Å². The van der Waals surface area contributed by atoms with E-state index >= 15 is 0 Å². The van der Waals surface area contributed by atoms with Crippen molar-refractivity contribution in [3.63, 3.8) is 0 Å². The van der Waals surface area contributed by atoms with Crippen LogP contribution in [-0.4, -0.2) is 36.1 Å². The van der Waals surface area contributed by atoms with Gasteiger partial charge in [0.2, 0.25) is 0 Å². The minimum Gasteiger partial charge on any atom is -0.466 e. The first-order valence-corrected chi connectivity index (χ1v) is 6.10.